The number of rotatable bonds is 8. The number of ether oxygens (including phenoxy) is 2. The van der Waals surface area contributed by atoms with Crippen LogP contribution in [0, 0.1) is 10.8 Å². The fraction of sp³-hybridized carbons (Fsp3) is 0.933. The molecule has 19 heavy (non-hydrogen) atoms. The lowest BCUT2D eigenvalue weighted by Gasteiger charge is -2.41. The molecule has 1 fully saturated rings. The van der Waals surface area contributed by atoms with Crippen LogP contribution in [-0.2, 0) is 14.3 Å². The predicted octanol–water partition coefficient (Wildman–Crippen LogP) is 3.10. The van der Waals surface area contributed by atoms with Crippen LogP contribution in [0.3, 0.4) is 0 Å². The third-order valence-corrected chi connectivity index (χ3v) is 4.39. The van der Waals surface area contributed by atoms with E-state index in [1.807, 2.05) is 0 Å². The molecule has 0 aliphatic heterocycles. The number of carbonyl (C=O) groups is 1. The van der Waals surface area contributed by atoms with Crippen molar-refractivity contribution < 1.29 is 19.4 Å². The summed E-state index contributed by atoms with van der Waals surface area (Å²) < 4.78 is 10.3. The van der Waals surface area contributed by atoms with Gasteiger partial charge in [0.1, 0.15) is 0 Å². The van der Waals surface area contributed by atoms with Gasteiger partial charge in [0.2, 0.25) is 0 Å². The van der Waals surface area contributed by atoms with Gasteiger partial charge in [0.15, 0.2) is 0 Å². The van der Waals surface area contributed by atoms with E-state index in [9.17, 15) is 9.90 Å². The summed E-state index contributed by atoms with van der Waals surface area (Å²) in [5.41, 5.74) is -0.214. The Morgan fingerprint density at radius 1 is 1.11 bits per heavy atom. The molecular weight excluding hydrogens is 244 g/mol. The quantitative estimate of drug-likeness (QED) is 0.690. The molecular formula is C15H28O4. The van der Waals surface area contributed by atoms with Gasteiger partial charge in [0.05, 0.1) is 18.6 Å². The summed E-state index contributed by atoms with van der Waals surface area (Å²) in [5, 5.41) is 9.54. The minimum Gasteiger partial charge on any atom is -0.481 e. The molecule has 0 bridgehead atoms. The molecule has 1 saturated carbocycles. The Morgan fingerprint density at radius 2 is 1.74 bits per heavy atom. The van der Waals surface area contributed by atoms with Crippen LogP contribution < -0.4 is 0 Å². The van der Waals surface area contributed by atoms with Crippen LogP contribution in [0.5, 0.6) is 0 Å². The van der Waals surface area contributed by atoms with Crippen molar-refractivity contribution in [3.05, 3.63) is 0 Å². The molecule has 0 spiro atoms. The van der Waals surface area contributed by atoms with E-state index in [1.54, 1.807) is 7.11 Å². The zero-order valence-corrected chi connectivity index (χ0v) is 12.5. The van der Waals surface area contributed by atoms with Gasteiger partial charge < -0.3 is 14.6 Å². The van der Waals surface area contributed by atoms with Crippen LogP contribution in [0.2, 0.25) is 0 Å². The lowest BCUT2D eigenvalue weighted by molar-refractivity contribution is -0.153. The maximum atomic E-state index is 11.6. The maximum absolute atomic E-state index is 11.6. The molecule has 0 aromatic carbocycles. The Morgan fingerprint density at radius 3 is 2.26 bits per heavy atom. The molecule has 0 aromatic rings. The van der Waals surface area contributed by atoms with Crippen molar-refractivity contribution in [1.82, 2.24) is 0 Å². The van der Waals surface area contributed by atoms with E-state index in [-0.39, 0.29) is 0 Å². The van der Waals surface area contributed by atoms with E-state index in [4.69, 9.17) is 9.47 Å². The van der Waals surface area contributed by atoms with E-state index in [0.717, 1.165) is 38.5 Å². The third-order valence-electron chi connectivity index (χ3n) is 4.39. The molecule has 1 N–H and O–H groups in total. The summed E-state index contributed by atoms with van der Waals surface area (Å²) in [6, 6.07) is 0. The smallest absolute Gasteiger partial charge is 0.309 e. The average Bonchev–Trinajstić information content (AvgIpc) is 2.35. The summed E-state index contributed by atoms with van der Waals surface area (Å²) in [5.74, 6) is -0.625. The van der Waals surface area contributed by atoms with Crippen molar-refractivity contribution in [2.24, 2.45) is 10.8 Å². The Labute approximate surface area is 116 Å². The first-order valence-corrected chi connectivity index (χ1v) is 7.22. The van der Waals surface area contributed by atoms with Crippen molar-refractivity contribution in [2.45, 2.75) is 52.4 Å². The number of hydrogen-bond acceptors (Lipinski definition) is 3. The first-order chi connectivity index (χ1) is 8.92. The Kier molecular flexibility index (Phi) is 6.27. The highest BCUT2D eigenvalue weighted by molar-refractivity contribution is 5.74. The largest absolute Gasteiger partial charge is 0.481 e. The lowest BCUT2D eigenvalue weighted by atomic mass is 9.63. The van der Waals surface area contributed by atoms with Crippen LogP contribution in [-0.4, -0.2) is 38.0 Å². The highest BCUT2D eigenvalue weighted by Crippen LogP contribution is 2.47. The Hall–Kier alpha value is -0.610. The summed E-state index contributed by atoms with van der Waals surface area (Å²) in [4.78, 5) is 11.6. The number of hydrogen-bond donors (Lipinski definition) is 1. The van der Waals surface area contributed by atoms with Crippen molar-refractivity contribution in [3.63, 3.8) is 0 Å². The molecule has 0 atom stereocenters. The van der Waals surface area contributed by atoms with Gasteiger partial charge in [-0.1, -0.05) is 13.8 Å². The topological polar surface area (TPSA) is 55.8 Å². The monoisotopic (exact) mass is 272 g/mol. The first kappa shape index (κ1) is 16.4. The molecule has 0 unspecified atom stereocenters. The van der Waals surface area contributed by atoms with Crippen molar-refractivity contribution in [1.29, 1.82) is 0 Å². The summed E-state index contributed by atoms with van der Waals surface area (Å²) >= 11 is 0. The third kappa shape index (κ3) is 5.11. The second-order valence-electron chi connectivity index (χ2n) is 6.46. The van der Waals surface area contributed by atoms with Gasteiger partial charge >= 0.3 is 5.97 Å². The van der Waals surface area contributed by atoms with Gasteiger partial charge in [-0.15, -0.1) is 0 Å². The fourth-order valence-electron chi connectivity index (χ4n) is 2.73. The zero-order chi connectivity index (χ0) is 14.4. The fourth-order valence-corrected chi connectivity index (χ4v) is 2.73. The first-order valence-electron chi connectivity index (χ1n) is 7.22. The van der Waals surface area contributed by atoms with Crippen molar-refractivity contribution in [2.75, 3.05) is 26.9 Å². The standard InChI is InChI=1S/C15H28O4/c1-14(2)6-8-15(9-7-14,13(16)17)5-4-10-19-12-11-18-3/h4-12H2,1-3H3,(H,16,17). The number of carboxylic acid groups (broad SMARTS) is 1. The van der Waals surface area contributed by atoms with E-state index in [1.165, 1.54) is 0 Å². The van der Waals surface area contributed by atoms with Crippen LogP contribution in [0.15, 0.2) is 0 Å². The Balaban J connectivity index is 2.35. The van der Waals surface area contributed by atoms with Gasteiger partial charge in [-0.25, -0.2) is 0 Å². The molecule has 1 rings (SSSR count). The molecule has 0 amide bonds. The molecule has 0 saturated heterocycles. The van der Waals surface area contributed by atoms with E-state index < -0.39 is 11.4 Å². The minimum atomic E-state index is -0.625. The molecule has 1 aliphatic carbocycles. The van der Waals surface area contributed by atoms with Gasteiger partial charge in [0.25, 0.3) is 0 Å². The molecule has 1 aliphatic rings. The SMILES string of the molecule is COCCOCCCC1(C(=O)O)CCC(C)(C)CC1. The van der Waals surface area contributed by atoms with Gasteiger partial charge in [-0.2, -0.15) is 0 Å². The lowest BCUT2D eigenvalue weighted by Crippen LogP contribution is -2.38. The highest BCUT2D eigenvalue weighted by atomic mass is 16.5. The van der Waals surface area contributed by atoms with E-state index >= 15 is 0 Å². The second-order valence-corrected chi connectivity index (χ2v) is 6.46. The van der Waals surface area contributed by atoms with E-state index in [0.29, 0.717) is 25.2 Å². The van der Waals surface area contributed by atoms with Gasteiger partial charge in [-0.3, -0.25) is 4.79 Å². The van der Waals surface area contributed by atoms with Crippen LogP contribution in [0.4, 0.5) is 0 Å². The van der Waals surface area contributed by atoms with Crippen molar-refractivity contribution in [3.8, 4) is 0 Å². The average molecular weight is 272 g/mol. The number of carboxylic acids is 1. The summed E-state index contributed by atoms with van der Waals surface area (Å²) in [6.07, 6.45) is 5.15. The maximum Gasteiger partial charge on any atom is 0.309 e. The predicted molar refractivity (Wildman–Crippen MR) is 74.2 cm³/mol. The minimum absolute atomic E-state index is 0.300. The molecule has 4 heteroatoms. The molecule has 0 aromatic heterocycles. The highest BCUT2D eigenvalue weighted by Gasteiger charge is 2.43. The molecule has 0 heterocycles. The molecule has 4 nitrogen and oxygen atoms in total. The number of aliphatic carboxylic acids is 1. The van der Waals surface area contributed by atoms with E-state index in [2.05, 4.69) is 13.8 Å². The van der Waals surface area contributed by atoms with Crippen LogP contribution >= 0.6 is 0 Å². The zero-order valence-electron chi connectivity index (χ0n) is 12.5. The van der Waals surface area contributed by atoms with Gasteiger partial charge in [-0.05, 0) is 43.9 Å². The summed E-state index contributed by atoms with van der Waals surface area (Å²) in [6.45, 7) is 6.27. The molecule has 112 valence electrons. The van der Waals surface area contributed by atoms with Crippen LogP contribution in [0.25, 0.3) is 0 Å². The summed E-state index contributed by atoms with van der Waals surface area (Å²) in [7, 11) is 1.65. The normalized spacial score (nSPS) is 21.2. The Bertz CT molecular complexity index is 276. The van der Waals surface area contributed by atoms with Crippen LogP contribution in [0.1, 0.15) is 52.4 Å². The van der Waals surface area contributed by atoms with Crippen molar-refractivity contribution >= 4 is 5.97 Å². The number of methoxy groups -OCH3 is 1. The van der Waals surface area contributed by atoms with Gasteiger partial charge in [0, 0.05) is 13.7 Å². The molecule has 0 radical (unpaired) electrons. The second kappa shape index (κ2) is 7.25.